The smallest absolute Gasteiger partial charge is 0.416 e. The quantitative estimate of drug-likeness (QED) is 0.330. The Morgan fingerprint density at radius 2 is 1.72 bits per heavy atom. The highest BCUT2D eigenvalue weighted by molar-refractivity contribution is 6.12. The Hall–Kier alpha value is -4.15. The lowest BCUT2D eigenvalue weighted by Crippen LogP contribution is -2.28. The van der Waals surface area contributed by atoms with E-state index in [1.54, 1.807) is 62.3 Å². The fourth-order valence-corrected chi connectivity index (χ4v) is 3.33. The summed E-state index contributed by atoms with van der Waals surface area (Å²) >= 11 is 0. The number of anilines is 2. The van der Waals surface area contributed by atoms with Crippen LogP contribution in [0.3, 0.4) is 0 Å². The van der Waals surface area contributed by atoms with Crippen LogP contribution < -0.4 is 10.6 Å². The summed E-state index contributed by atoms with van der Waals surface area (Å²) < 4.78 is 47.3. The molecule has 2 amide bonds. The summed E-state index contributed by atoms with van der Waals surface area (Å²) in [7, 11) is 0. The number of carbonyl (C=O) groups excluding carboxylic acids is 3. The zero-order valence-electron chi connectivity index (χ0n) is 20.1. The van der Waals surface area contributed by atoms with Crippen LogP contribution in [0, 0.1) is 6.92 Å². The number of carbonyl (C=O) groups is 3. The average Bonchev–Trinajstić information content (AvgIpc) is 3.28. The Labute approximate surface area is 205 Å². The predicted octanol–water partition coefficient (Wildman–Crippen LogP) is 5.76. The molecular weight excluding hydrogens is 477 g/mol. The number of rotatable bonds is 6. The normalized spacial score (nSPS) is 11.6. The fraction of sp³-hybridized carbons (Fsp3) is 0.280. The number of ketones is 1. The number of aryl methyl sites for hydroxylation is 1. The van der Waals surface area contributed by atoms with E-state index in [2.05, 4.69) is 15.6 Å². The highest BCUT2D eigenvalue weighted by Crippen LogP contribution is 2.37. The van der Waals surface area contributed by atoms with Gasteiger partial charge in [-0.1, -0.05) is 12.1 Å². The number of benzene rings is 2. The average molecular weight is 502 g/mol. The van der Waals surface area contributed by atoms with E-state index in [0.717, 1.165) is 6.07 Å². The topological polar surface area (TPSA) is 102 Å². The molecule has 0 atom stereocenters. The Kier molecular flexibility index (Phi) is 7.51. The number of ether oxygens (including phenoxy) is 1. The van der Waals surface area contributed by atoms with Gasteiger partial charge in [0.05, 0.1) is 29.7 Å². The third-order valence-electron chi connectivity index (χ3n) is 4.87. The number of nitrogens with one attached hydrogen (secondary N) is 2. The molecule has 8 nitrogen and oxygen atoms in total. The number of alkyl halides is 3. The second kappa shape index (κ2) is 10.2. The van der Waals surface area contributed by atoms with Crippen LogP contribution in [0.2, 0.25) is 0 Å². The van der Waals surface area contributed by atoms with Crippen LogP contribution in [-0.4, -0.2) is 32.9 Å². The Morgan fingerprint density at radius 3 is 2.33 bits per heavy atom. The van der Waals surface area contributed by atoms with Crippen molar-refractivity contribution < 1.29 is 32.3 Å². The number of hydrogen-bond acceptors (Lipinski definition) is 5. The van der Waals surface area contributed by atoms with Gasteiger partial charge in [-0.2, -0.15) is 13.2 Å². The molecule has 0 aliphatic rings. The van der Waals surface area contributed by atoms with Gasteiger partial charge in [0, 0.05) is 23.6 Å². The third-order valence-corrected chi connectivity index (χ3v) is 4.87. The first kappa shape index (κ1) is 26.5. The van der Waals surface area contributed by atoms with E-state index < -0.39 is 41.5 Å². The summed E-state index contributed by atoms with van der Waals surface area (Å²) in [5.41, 5.74) is -1.54. The van der Waals surface area contributed by atoms with Gasteiger partial charge < -0.3 is 14.6 Å². The van der Waals surface area contributed by atoms with Crippen molar-refractivity contribution in [1.29, 1.82) is 0 Å². The molecule has 3 rings (SSSR count). The van der Waals surface area contributed by atoms with Crippen molar-refractivity contribution in [2.45, 2.75) is 45.9 Å². The Bertz CT molecular complexity index is 1280. The third kappa shape index (κ3) is 6.94. The molecule has 1 aromatic heterocycles. The van der Waals surface area contributed by atoms with Crippen LogP contribution in [0.1, 0.15) is 48.7 Å². The molecule has 36 heavy (non-hydrogen) atoms. The second-order valence-corrected chi connectivity index (χ2v) is 9.01. The largest absolute Gasteiger partial charge is 0.444 e. The number of Topliss-reactive ketones (excluding diaryl/α,β-unsaturated/α-hetero) is 1. The predicted molar refractivity (Wildman–Crippen MR) is 127 cm³/mol. The van der Waals surface area contributed by atoms with Crippen molar-refractivity contribution in [2.75, 3.05) is 10.6 Å². The standard InChI is InChI=1S/C25H25F3N4O4/c1-15-10-19(31-23(35)36-24(2,3)4)20(12-18(15)25(26,27)28)30-22(34)13-21(33)16-6-5-7-17(11-16)32-9-8-29-14-32/h5-12,14H,13H2,1-4H3,(H,30,34)(H,31,35). The van der Waals surface area contributed by atoms with Crippen LogP contribution in [0.5, 0.6) is 0 Å². The molecule has 0 saturated heterocycles. The first-order valence-electron chi connectivity index (χ1n) is 10.9. The van der Waals surface area contributed by atoms with E-state index >= 15 is 0 Å². The minimum atomic E-state index is -4.70. The summed E-state index contributed by atoms with van der Waals surface area (Å²) in [6.45, 7) is 6.10. The summed E-state index contributed by atoms with van der Waals surface area (Å²) in [6.07, 6.45) is -1.44. The SMILES string of the molecule is Cc1cc(NC(=O)OC(C)(C)C)c(NC(=O)CC(=O)c2cccc(-n3ccnc3)c2)cc1C(F)(F)F. The lowest BCUT2D eigenvalue weighted by molar-refractivity contribution is -0.138. The van der Waals surface area contributed by atoms with Crippen molar-refractivity contribution in [2.24, 2.45) is 0 Å². The maximum absolute atomic E-state index is 13.5. The highest BCUT2D eigenvalue weighted by Gasteiger charge is 2.34. The van der Waals surface area contributed by atoms with E-state index in [-0.39, 0.29) is 22.5 Å². The maximum Gasteiger partial charge on any atom is 0.416 e. The van der Waals surface area contributed by atoms with E-state index in [9.17, 15) is 27.6 Å². The first-order chi connectivity index (χ1) is 16.7. The Balaban J connectivity index is 1.83. The lowest BCUT2D eigenvalue weighted by atomic mass is 10.0. The lowest BCUT2D eigenvalue weighted by Gasteiger charge is -2.21. The molecule has 2 aromatic carbocycles. The van der Waals surface area contributed by atoms with Gasteiger partial charge in [0.1, 0.15) is 5.60 Å². The van der Waals surface area contributed by atoms with Gasteiger partial charge in [-0.3, -0.25) is 14.9 Å². The molecule has 0 bridgehead atoms. The molecule has 1 heterocycles. The first-order valence-corrected chi connectivity index (χ1v) is 10.9. The minimum absolute atomic E-state index is 0.0994. The van der Waals surface area contributed by atoms with Gasteiger partial charge in [-0.05, 0) is 57.5 Å². The van der Waals surface area contributed by atoms with Gasteiger partial charge in [0.15, 0.2) is 5.78 Å². The van der Waals surface area contributed by atoms with Gasteiger partial charge in [-0.25, -0.2) is 9.78 Å². The van der Waals surface area contributed by atoms with E-state index in [1.807, 2.05) is 0 Å². The molecule has 11 heteroatoms. The summed E-state index contributed by atoms with van der Waals surface area (Å²) in [6, 6.07) is 8.28. The van der Waals surface area contributed by atoms with E-state index in [4.69, 9.17) is 4.74 Å². The van der Waals surface area contributed by atoms with Crippen molar-refractivity contribution in [3.63, 3.8) is 0 Å². The molecule has 2 N–H and O–H groups in total. The molecule has 0 aliphatic carbocycles. The molecule has 0 unspecified atom stereocenters. The zero-order valence-corrected chi connectivity index (χ0v) is 20.1. The summed E-state index contributed by atoms with van der Waals surface area (Å²) in [5.74, 6) is -1.39. The van der Waals surface area contributed by atoms with Crippen LogP contribution in [0.4, 0.5) is 29.3 Å². The van der Waals surface area contributed by atoms with Gasteiger partial charge >= 0.3 is 12.3 Å². The monoisotopic (exact) mass is 502 g/mol. The summed E-state index contributed by atoms with van der Waals surface area (Å²) in [4.78, 5) is 41.5. The molecule has 0 spiro atoms. The molecule has 0 fully saturated rings. The molecule has 0 radical (unpaired) electrons. The number of nitrogens with zero attached hydrogens (tertiary/aromatic N) is 2. The van der Waals surface area contributed by atoms with Crippen LogP contribution in [0.25, 0.3) is 5.69 Å². The van der Waals surface area contributed by atoms with Crippen molar-refractivity contribution in [3.05, 3.63) is 71.8 Å². The number of hydrogen-bond donors (Lipinski definition) is 2. The molecule has 3 aromatic rings. The van der Waals surface area contributed by atoms with Crippen LogP contribution in [0.15, 0.2) is 55.1 Å². The molecule has 0 aliphatic heterocycles. The second-order valence-electron chi connectivity index (χ2n) is 9.01. The van der Waals surface area contributed by atoms with Crippen molar-refractivity contribution >= 4 is 29.2 Å². The molecule has 190 valence electrons. The van der Waals surface area contributed by atoms with Crippen molar-refractivity contribution in [1.82, 2.24) is 9.55 Å². The van der Waals surface area contributed by atoms with Gasteiger partial charge in [0.2, 0.25) is 5.91 Å². The van der Waals surface area contributed by atoms with Crippen LogP contribution in [-0.2, 0) is 15.7 Å². The van der Waals surface area contributed by atoms with Gasteiger partial charge in [0.25, 0.3) is 0 Å². The fourth-order valence-electron chi connectivity index (χ4n) is 3.33. The highest BCUT2D eigenvalue weighted by atomic mass is 19.4. The summed E-state index contributed by atoms with van der Waals surface area (Å²) in [5, 5.41) is 4.68. The van der Waals surface area contributed by atoms with Crippen molar-refractivity contribution in [3.8, 4) is 5.69 Å². The van der Waals surface area contributed by atoms with E-state index in [0.29, 0.717) is 11.8 Å². The minimum Gasteiger partial charge on any atom is -0.444 e. The van der Waals surface area contributed by atoms with Crippen LogP contribution >= 0.6 is 0 Å². The number of halogens is 3. The van der Waals surface area contributed by atoms with Gasteiger partial charge in [-0.15, -0.1) is 0 Å². The molecular formula is C25H25F3N4O4. The Morgan fingerprint density at radius 1 is 1.03 bits per heavy atom. The maximum atomic E-state index is 13.5. The number of aromatic nitrogens is 2. The number of amides is 2. The number of imidazole rings is 1. The molecule has 0 saturated carbocycles. The van der Waals surface area contributed by atoms with E-state index in [1.165, 1.54) is 13.0 Å². The zero-order chi connectivity index (χ0) is 26.7.